The van der Waals surface area contributed by atoms with E-state index >= 15 is 0 Å². The van der Waals surface area contributed by atoms with Crippen LogP contribution in [0.4, 0.5) is 0 Å². The fourth-order valence-electron chi connectivity index (χ4n) is 6.06. The van der Waals surface area contributed by atoms with Gasteiger partial charge in [0.25, 0.3) is 0 Å². The summed E-state index contributed by atoms with van der Waals surface area (Å²) in [5, 5.41) is 24.9. The Balaban J connectivity index is 1.52. The molecule has 2 aliphatic heterocycles. The molecule has 0 radical (unpaired) electrons. The quantitative estimate of drug-likeness (QED) is 0.288. The number of carboxylic acid groups (broad SMARTS) is 1. The Morgan fingerprint density at radius 3 is 2.40 bits per heavy atom. The standard InChI is InChI=1S/C34H43N5O5S/c1-4-22(2)28(37-32(41)29-13-14-31(40)39(29)19-24-11-9-23(18-35)10-12-24)21-38-20-26-8-6-5-7-25(26)17-30(38)33(42)36-27(34(43)44)15-16-45-3/h5-12,22,27-30H,4,13-17,19-21H2,1-3H3,(H,36,42)(H,37,41)(H,43,44)/t22-,27?,28+,29-,30-/m0/s1. The second kappa shape index (κ2) is 15.9. The summed E-state index contributed by atoms with van der Waals surface area (Å²) >= 11 is 1.53. The number of carboxylic acids is 1. The molecule has 1 fully saturated rings. The second-order valence-electron chi connectivity index (χ2n) is 12.0. The highest BCUT2D eigenvalue weighted by Crippen LogP contribution is 2.27. The van der Waals surface area contributed by atoms with Gasteiger partial charge in [0.05, 0.1) is 17.7 Å². The maximum Gasteiger partial charge on any atom is 0.326 e. The van der Waals surface area contributed by atoms with Crippen LogP contribution in [0.1, 0.15) is 61.8 Å². The molecule has 2 aromatic carbocycles. The molecule has 0 aromatic heterocycles. The van der Waals surface area contributed by atoms with Gasteiger partial charge in [0.2, 0.25) is 17.7 Å². The highest BCUT2D eigenvalue weighted by Gasteiger charge is 2.39. The lowest BCUT2D eigenvalue weighted by molar-refractivity contribution is -0.143. The van der Waals surface area contributed by atoms with Crippen molar-refractivity contribution in [3.63, 3.8) is 0 Å². The van der Waals surface area contributed by atoms with Crippen molar-refractivity contribution < 1.29 is 24.3 Å². The van der Waals surface area contributed by atoms with Crippen LogP contribution in [0.5, 0.6) is 0 Å². The summed E-state index contributed by atoms with van der Waals surface area (Å²) in [7, 11) is 0. The molecular formula is C34H43N5O5S. The molecule has 10 nitrogen and oxygen atoms in total. The molecule has 1 unspecified atom stereocenters. The van der Waals surface area contributed by atoms with Gasteiger partial charge in [0.15, 0.2) is 0 Å². The number of carbonyl (C=O) groups excluding carboxylic acids is 3. The Bertz CT molecular complexity index is 1410. The molecule has 240 valence electrons. The molecule has 2 aromatic rings. The van der Waals surface area contributed by atoms with Crippen molar-refractivity contribution in [1.29, 1.82) is 5.26 Å². The predicted octanol–water partition coefficient (Wildman–Crippen LogP) is 3.33. The van der Waals surface area contributed by atoms with E-state index in [-0.39, 0.29) is 42.6 Å². The maximum absolute atomic E-state index is 13.8. The van der Waals surface area contributed by atoms with Crippen molar-refractivity contribution in [3.05, 3.63) is 70.8 Å². The van der Waals surface area contributed by atoms with E-state index in [1.165, 1.54) is 11.8 Å². The highest BCUT2D eigenvalue weighted by atomic mass is 32.2. The van der Waals surface area contributed by atoms with E-state index in [1.54, 1.807) is 29.2 Å². The average Bonchev–Trinajstić information content (AvgIpc) is 3.41. The summed E-state index contributed by atoms with van der Waals surface area (Å²) in [4.78, 5) is 55.9. The lowest BCUT2D eigenvalue weighted by Crippen LogP contribution is -2.58. The summed E-state index contributed by atoms with van der Waals surface area (Å²) in [5.74, 6) is -1.00. The van der Waals surface area contributed by atoms with E-state index in [9.17, 15) is 24.3 Å². The Morgan fingerprint density at radius 2 is 1.76 bits per heavy atom. The van der Waals surface area contributed by atoms with Crippen molar-refractivity contribution in [3.8, 4) is 6.07 Å². The zero-order valence-corrected chi connectivity index (χ0v) is 27.0. The van der Waals surface area contributed by atoms with Crippen LogP contribution in [0, 0.1) is 17.2 Å². The van der Waals surface area contributed by atoms with Crippen LogP contribution in [0.2, 0.25) is 0 Å². The molecule has 0 spiro atoms. The Kier molecular flexibility index (Phi) is 12.0. The molecule has 11 heteroatoms. The predicted molar refractivity (Wildman–Crippen MR) is 173 cm³/mol. The van der Waals surface area contributed by atoms with Gasteiger partial charge < -0.3 is 20.6 Å². The highest BCUT2D eigenvalue weighted by molar-refractivity contribution is 7.98. The van der Waals surface area contributed by atoms with E-state index < -0.39 is 24.1 Å². The molecule has 0 saturated carbocycles. The first-order valence-electron chi connectivity index (χ1n) is 15.6. The van der Waals surface area contributed by atoms with Gasteiger partial charge in [-0.05, 0) is 66.0 Å². The zero-order chi connectivity index (χ0) is 32.5. The lowest BCUT2D eigenvalue weighted by Gasteiger charge is -2.40. The lowest BCUT2D eigenvalue weighted by atomic mass is 9.91. The van der Waals surface area contributed by atoms with Crippen molar-refractivity contribution in [2.45, 2.75) is 83.2 Å². The van der Waals surface area contributed by atoms with Crippen LogP contribution >= 0.6 is 11.8 Å². The van der Waals surface area contributed by atoms with Crippen molar-refractivity contribution >= 4 is 35.5 Å². The number of rotatable bonds is 14. The number of hydrogen-bond acceptors (Lipinski definition) is 7. The number of carbonyl (C=O) groups is 4. The van der Waals surface area contributed by atoms with Crippen LogP contribution in [-0.2, 0) is 38.7 Å². The number of benzene rings is 2. The van der Waals surface area contributed by atoms with Crippen LogP contribution in [0.3, 0.4) is 0 Å². The van der Waals surface area contributed by atoms with Crippen LogP contribution < -0.4 is 10.6 Å². The number of thioether (sulfide) groups is 1. The van der Waals surface area contributed by atoms with Crippen molar-refractivity contribution in [2.75, 3.05) is 18.6 Å². The molecule has 3 amide bonds. The topological polar surface area (TPSA) is 143 Å². The Labute approximate surface area is 269 Å². The minimum absolute atomic E-state index is 0.0762. The van der Waals surface area contributed by atoms with Crippen molar-refractivity contribution in [2.24, 2.45) is 5.92 Å². The van der Waals surface area contributed by atoms with Gasteiger partial charge in [0, 0.05) is 32.1 Å². The summed E-state index contributed by atoms with van der Waals surface area (Å²) < 4.78 is 0. The van der Waals surface area contributed by atoms with Gasteiger partial charge in [-0.2, -0.15) is 17.0 Å². The number of nitrogens with one attached hydrogen (secondary N) is 2. The number of amides is 3. The van der Waals surface area contributed by atoms with E-state index in [1.807, 2.05) is 30.5 Å². The normalized spacial score (nSPS) is 20.0. The van der Waals surface area contributed by atoms with Gasteiger partial charge in [-0.1, -0.05) is 56.7 Å². The minimum atomic E-state index is -1.05. The van der Waals surface area contributed by atoms with Crippen LogP contribution in [0.15, 0.2) is 48.5 Å². The fourth-order valence-corrected chi connectivity index (χ4v) is 6.53. The molecule has 4 rings (SSSR count). The molecule has 3 N–H and O–H groups in total. The molecule has 45 heavy (non-hydrogen) atoms. The third kappa shape index (κ3) is 8.65. The average molecular weight is 634 g/mol. The summed E-state index contributed by atoms with van der Waals surface area (Å²) in [5.41, 5.74) is 3.53. The van der Waals surface area contributed by atoms with Gasteiger partial charge in [0.1, 0.15) is 12.1 Å². The first-order chi connectivity index (χ1) is 21.6. The number of nitrogens with zero attached hydrogens (tertiary/aromatic N) is 3. The molecule has 5 atom stereocenters. The molecule has 2 aliphatic rings. The van der Waals surface area contributed by atoms with Gasteiger partial charge in [-0.15, -0.1) is 0 Å². The van der Waals surface area contributed by atoms with Gasteiger partial charge in [-0.3, -0.25) is 19.3 Å². The number of likely N-dealkylation sites (tertiary alicyclic amines) is 1. The Hall–Kier alpha value is -3.88. The molecule has 0 aliphatic carbocycles. The van der Waals surface area contributed by atoms with Gasteiger partial charge in [-0.25, -0.2) is 4.79 Å². The fraction of sp³-hybridized carbons (Fsp3) is 0.500. The van der Waals surface area contributed by atoms with Crippen LogP contribution in [-0.4, -0.2) is 81.3 Å². The summed E-state index contributed by atoms with van der Waals surface area (Å²) in [6.07, 6.45) is 4.17. The first-order valence-corrected chi connectivity index (χ1v) is 17.0. The number of hydrogen-bond donors (Lipinski definition) is 3. The Morgan fingerprint density at radius 1 is 1.07 bits per heavy atom. The number of nitriles is 1. The van der Waals surface area contributed by atoms with E-state index in [2.05, 4.69) is 35.5 Å². The SMILES string of the molecule is CC[C@H](C)[C@@H](CN1Cc2ccccc2C[C@H]1C(=O)NC(CCSC)C(=O)O)NC(=O)[C@@H]1CCC(=O)N1Cc1ccc(C#N)cc1. The molecule has 2 heterocycles. The number of fused-ring (bicyclic) bond motifs is 1. The zero-order valence-electron chi connectivity index (χ0n) is 26.2. The first kappa shape index (κ1) is 34.0. The molecular weight excluding hydrogens is 590 g/mol. The molecule has 0 bridgehead atoms. The van der Waals surface area contributed by atoms with Crippen LogP contribution in [0.25, 0.3) is 0 Å². The maximum atomic E-state index is 13.8. The largest absolute Gasteiger partial charge is 0.480 e. The van der Waals surface area contributed by atoms with E-state index in [0.29, 0.717) is 43.7 Å². The second-order valence-corrected chi connectivity index (χ2v) is 13.0. The van der Waals surface area contributed by atoms with Crippen molar-refractivity contribution in [1.82, 2.24) is 20.4 Å². The minimum Gasteiger partial charge on any atom is -0.480 e. The number of aliphatic carboxylic acids is 1. The third-order valence-electron chi connectivity index (χ3n) is 9.03. The third-order valence-corrected chi connectivity index (χ3v) is 9.67. The van der Waals surface area contributed by atoms with E-state index in [0.717, 1.165) is 23.1 Å². The molecule has 1 saturated heterocycles. The van der Waals surface area contributed by atoms with Gasteiger partial charge >= 0.3 is 5.97 Å². The smallest absolute Gasteiger partial charge is 0.326 e. The summed E-state index contributed by atoms with van der Waals surface area (Å²) in [6, 6.07) is 14.6. The summed E-state index contributed by atoms with van der Waals surface area (Å²) in [6.45, 7) is 5.29. The van der Waals surface area contributed by atoms with E-state index in [4.69, 9.17) is 5.26 Å². The monoisotopic (exact) mass is 633 g/mol.